The number of anilines is 1. The van der Waals surface area contributed by atoms with Crippen LogP contribution in [0.5, 0.6) is 0 Å². The van der Waals surface area contributed by atoms with Gasteiger partial charge in [0.25, 0.3) is 5.91 Å². The average Bonchev–Trinajstić information content (AvgIpc) is 3.21. The van der Waals surface area contributed by atoms with Crippen LogP contribution in [-0.2, 0) is 6.42 Å². The molecule has 9 nitrogen and oxygen atoms in total. The molecular weight excluding hydrogens is 535 g/mol. The SMILES string of the molecule is CC1(C)CC(=O)n2c(c(-c3ccc(C(N)=O)c(NC4CCCCC4)c3)c3ccc(F)cc32)C1.CN(C)CCNC(N)=O. The Kier molecular flexibility index (Phi) is 9.56. The van der Waals surface area contributed by atoms with Crippen LogP contribution in [0.3, 0.4) is 0 Å². The van der Waals surface area contributed by atoms with Crippen molar-refractivity contribution in [2.45, 2.75) is 64.8 Å². The summed E-state index contributed by atoms with van der Waals surface area (Å²) in [4.78, 5) is 37.3. The van der Waals surface area contributed by atoms with Crippen molar-refractivity contribution >= 4 is 34.4 Å². The van der Waals surface area contributed by atoms with Crippen molar-refractivity contribution in [2.24, 2.45) is 16.9 Å². The van der Waals surface area contributed by atoms with Gasteiger partial charge < -0.3 is 27.0 Å². The molecular formula is C32H43FN6O3. The molecule has 0 radical (unpaired) electrons. The zero-order valence-corrected chi connectivity index (χ0v) is 25.1. The lowest BCUT2D eigenvalue weighted by molar-refractivity contribution is 0.0816. The number of nitrogens with two attached hydrogens (primary N) is 2. The van der Waals surface area contributed by atoms with E-state index in [0.29, 0.717) is 36.5 Å². The molecule has 226 valence electrons. The third-order valence-electron chi connectivity index (χ3n) is 7.95. The van der Waals surface area contributed by atoms with Crippen molar-refractivity contribution in [2.75, 3.05) is 32.5 Å². The van der Waals surface area contributed by atoms with Gasteiger partial charge in [-0.15, -0.1) is 0 Å². The van der Waals surface area contributed by atoms with Gasteiger partial charge in [-0.25, -0.2) is 9.18 Å². The maximum Gasteiger partial charge on any atom is 0.312 e. The summed E-state index contributed by atoms with van der Waals surface area (Å²) in [6.45, 7) is 5.61. The van der Waals surface area contributed by atoms with Gasteiger partial charge in [-0.3, -0.25) is 14.2 Å². The van der Waals surface area contributed by atoms with Crippen LogP contribution in [0.25, 0.3) is 22.0 Å². The van der Waals surface area contributed by atoms with Gasteiger partial charge >= 0.3 is 6.03 Å². The van der Waals surface area contributed by atoms with Gasteiger partial charge in [-0.05, 0) is 74.7 Å². The summed E-state index contributed by atoms with van der Waals surface area (Å²) < 4.78 is 15.9. The van der Waals surface area contributed by atoms with Gasteiger partial charge in [0.1, 0.15) is 5.82 Å². The molecule has 1 saturated carbocycles. The second kappa shape index (κ2) is 12.9. The Hall–Kier alpha value is -3.92. The molecule has 3 aromatic rings. The van der Waals surface area contributed by atoms with E-state index in [1.807, 2.05) is 31.1 Å². The largest absolute Gasteiger partial charge is 0.382 e. The number of nitrogens with one attached hydrogen (secondary N) is 2. The number of carbonyl (C=O) groups is 3. The van der Waals surface area contributed by atoms with Crippen LogP contribution in [0.1, 0.15) is 73.2 Å². The molecule has 1 aromatic heterocycles. The maximum atomic E-state index is 14.2. The van der Waals surface area contributed by atoms with Gasteiger partial charge in [-0.1, -0.05) is 39.2 Å². The number of aromatic nitrogens is 1. The Morgan fingerprint density at radius 2 is 1.76 bits per heavy atom. The number of hydrogen-bond donors (Lipinski definition) is 4. The summed E-state index contributed by atoms with van der Waals surface area (Å²) >= 11 is 0. The Morgan fingerprint density at radius 3 is 2.40 bits per heavy atom. The molecule has 1 fully saturated rings. The molecule has 42 heavy (non-hydrogen) atoms. The molecule has 6 N–H and O–H groups in total. The first-order valence-electron chi connectivity index (χ1n) is 14.6. The van der Waals surface area contributed by atoms with E-state index in [9.17, 15) is 18.8 Å². The highest BCUT2D eigenvalue weighted by Crippen LogP contribution is 2.43. The van der Waals surface area contributed by atoms with Crippen molar-refractivity contribution in [3.8, 4) is 11.1 Å². The number of primary amides is 2. The van der Waals surface area contributed by atoms with Crippen molar-refractivity contribution in [1.29, 1.82) is 0 Å². The summed E-state index contributed by atoms with van der Waals surface area (Å²) in [5.41, 5.74) is 14.8. The fourth-order valence-electron chi connectivity index (χ4n) is 6.00. The predicted molar refractivity (Wildman–Crippen MR) is 165 cm³/mol. The van der Waals surface area contributed by atoms with E-state index in [4.69, 9.17) is 11.5 Å². The van der Waals surface area contributed by atoms with Gasteiger partial charge in [0.15, 0.2) is 0 Å². The van der Waals surface area contributed by atoms with Crippen LogP contribution in [0.4, 0.5) is 14.9 Å². The molecule has 2 aromatic carbocycles. The van der Waals surface area contributed by atoms with Gasteiger partial charge in [-0.2, -0.15) is 0 Å². The first kappa shape index (κ1) is 31.0. The molecule has 10 heteroatoms. The molecule has 5 rings (SSSR count). The highest BCUT2D eigenvalue weighted by molar-refractivity contribution is 6.06. The maximum absolute atomic E-state index is 14.2. The van der Waals surface area contributed by atoms with E-state index >= 15 is 0 Å². The van der Waals surface area contributed by atoms with Gasteiger partial charge in [0, 0.05) is 47.9 Å². The Labute approximate surface area is 246 Å². The number of likely N-dealkylation sites (N-methyl/N-ethyl adjacent to an activating group) is 1. The molecule has 0 spiro atoms. The van der Waals surface area contributed by atoms with E-state index in [1.165, 1.54) is 31.4 Å². The second-order valence-corrected chi connectivity index (χ2v) is 12.4. The third-order valence-corrected chi connectivity index (χ3v) is 7.95. The molecule has 0 saturated heterocycles. The molecule has 1 aliphatic carbocycles. The molecule has 0 atom stereocenters. The van der Waals surface area contributed by atoms with Crippen LogP contribution in [0, 0.1) is 11.2 Å². The lowest BCUT2D eigenvalue weighted by atomic mass is 9.80. The fraction of sp³-hybridized carbons (Fsp3) is 0.469. The Balaban J connectivity index is 0.000000392. The van der Waals surface area contributed by atoms with Crippen LogP contribution in [0.15, 0.2) is 36.4 Å². The van der Waals surface area contributed by atoms with Crippen molar-refractivity contribution in [3.05, 3.63) is 53.5 Å². The highest BCUT2D eigenvalue weighted by atomic mass is 19.1. The van der Waals surface area contributed by atoms with Gasteiger partial charge in [0.05, 0.1) is 11.1 Å². The monoisotopic (exact) mass is 578 g/mol. The van der Waals surface area contributed by atoms with E-state index in [0.717, 1.165) is 47.3 Å². The number of fused-ring (bicyclic) bond motifs is 3. The standard InChI is InChI=1S/C27H30FN3O2.C5H13N3O/c1-27(2)14-23-25(20-11-9-17(28)13-22(20)31(23)24(32)15-27)16-8-10-19(26(29)33)21(12-16)30-18-6-4-3-5-7-18;1-8(2)4-3-7-5(6)9/h8-13,18,30H,3-7,14-15H2,1-2H3,(H2,29,33);3-4H2,1-2H3,(H3,6,7,9). The summed E-state index contributed by atoms with van der Waals surface area (Å²) in [5.74, 6) is -0.852. The minimum Gasteiger partial charge on any atom is -0.382 e. The number of rotatable bonds is 7. The summed E-state index contributed by atoms with van der Waals surface area (Å²) in [6.07, 6.45) is 6.82. The van der Waals surface area contributed by atoms with Crippen LogP contribution in [-0.4, -0.2) is 60.5 Å². The van der Waals surface area contributed by atoms with Crippen molar-refractivity contribution in [3.63, 3.8) is 0 Å². The van der Waals surface area contributed by atoms with Crippen LogP contribution < -0.4 is 22.1 Å². The molecule has 2 aliphatic rings. The summed E-state index contributed by atoms with van der Waals surface area (Å²) in [5, 5.41) is 6.88. The lowest BCUT2D eigenvalue weighted by Gasteiger charge is -2.30. The number of amides is 3. The number of hydrogen-bond acceptors (Lipinski definition) is 5. The number of halogens is 1. The summed E-state index contributed by atoms with van der Waals surface area (Å²) in [7, 11) is 3.87. The number of nitrogens with zero attached hydrogens (tertiary/aromatic N) is 2. The van der Waals surface area contributed by atoms with Crippen molar-refractivity contribution < 1.29 is 18.8 Å². The lowest BCUT2D eigenvalue weighted by Crippen LogP contribution is -2.34. The molecule has 1 aliphatic heterocycles. The van der Waals surface area contributed by atoms with E-state index < -0.39 is 11.9 Å². The normalized spacial score (nSPS) is 16.5. The zero-order chi connectivity index (χ0) is 30.6. The summed E-state index contributed by atoms with van der Waals surface area (Å²) in [6, 6.07) is 10.1. The van der Waals surface area contributed by atoms with Crippen molar-refractivity contribution in [1.82, 2.24) is 14.8 Å². The minimum absolute atomic E-state index is 0.0163. The van der Waals surface area contributed by atoms with E-state index in [2.05, 4.69) is 24.5 Å². The number of carbonyl (C=O) groups excluding carboxylic acids is 3. The number of urea groups is 1. The Bertz CT molecular complexity index is 1470. The predicted octanol–water partition coefficient (Wildman–Crippen LogP) is 5.12. The van der Waals surface area contributed by atoms with E-state index in [1.54, 1.807) is 16.7 Å². The average molecular weight is 579 g/mol. The fourth-order valence-corrected chi connectivity index (χ4v) is 6.00. The van der Waals surface area contributed by atoms with Crippen LogP contribution in [0.2, 0.25) is 0 Å². The second-order valence-electron chi connectivity index (χ2n) is 12.4. The highest BCUT2D eigenvalue weighted by Gasteiger charge is 2.35. The molecule has 3 amide bonds. The quantitative estimate of drug-likeness (QED) is 0.309. The first-order valence-corrected chi connectivity index (χ1v) is 14.6. The van der Waals surface area contributed by atoms with E-state index in [-0.39, 0.29) is 17.1 Å². The molecule has 2 heterocycles. The Morgan fingerprint density at radius 1 is 1.05 bits per heavy atom. The van der Waals surface area contributed by atoms with Gasteiger partial charge in [0.2, 0.25) is 5.91 Å². The third kappa shape index (κ3) is 7.28. The topological polar surface area (TPSA) is 135 Å². The first-order chi connectivity index (χ1) is 19.9. The smallest absolute Gasteiger partial charge is 0.312 e. The molecule has 0 bridgehead atoms. The number of benzene rings is 2. The molecule has 0 unspecified atom stereocenters. The zero-order valence-electron chi connectivity index (χ0n) is 25.1. The van der Waals surface area contributed by atoms with Crippen LogP contribution >= 0.6 is 0 Å². The minimum atomic E-state index is -0.470.